The number of aromatic nitrogens is 3. The zero-order valence-corrected chi connectivity index (χ0v) is 18.8. The molecule has 0 spiro atoms. The summed E-state index contributed by atoms with van der Waals surface area (Å²) in [6.45, 7) is 6.79. The summed E-state index contributed by atoms with van der Waals surface area (Å²) < 4.78 is 12.1. The van der Waals surface area contributed by atoms with Crippen molar-refractivity contribution >= 4 is 41.8 Å². The van der Waals surface area contributed by atoms with Crippen molar-refractivity contribution in [1.82, 2.24) is 25.4 Å². The fourth-order valence-electron chi connectivity index (χ4n) is 3.02. The number of nitrogens with one attached hydrogen (secondary N) is 2. The topological polar surface area (TPSA) is 90.3 Å². The van der Waals surface area contributed by atoms with E-state index < -0.39 is 0 Å². The zero-order valence-electron chi connectivity index (χ0n) is 17.1. The number of amides is 1. The minimum atomic E-state index is 0. The maximum Gasteiger partial charge on any atom is 0.242 e. The lowest BCUT2D eigenvalue weighted by Crippen LogP contribution is -2.33. The number of hydrogen-bond donors (Lipinski definition) is 2. The second-order valence-electron chi connectivity index (χ2n) is 6.23. The summed E-state index contributed by atoms with van der Waals surface area (Å²) in [7, 11) is 5.13. The van der Waals surface area contributed by atoms with E-state index in [2.05, 4.69) is 20.7 Å². The lowest BCUT2D eigenvalue weighted by Gasteiger charge is -2.11. The van der Waals surface area contributed by atoms with Gasteiger partial charge in [-0.2, -0.15) is 0 Å². The van der Waals surface area contributed by atoms with Gasteiger partial charge in [-0.05, 0) is 31.4 Å². The number of nitrogens with zero attached hydrogens (tertiary/aromatic N) is 3. The molecule has 0 saturated heterocycles. The Morgan fingerprint density at radius 3 is 2.50 bits per heavy atom. The monoisotopic (exact) mass is 435 g/mol. The second-order valence-corrected chi connectivity index (χ2v) is 6.23. The predicted molar refractivity (Wildman–Crippen MR) is 115 cm³/mol. The van der Waals surface area contributed by atoms with Crippen LogP contribution in [0.1, 0.15) is 23.2 Å². The smallest absolute Gasteiger partial charge is 0.242 e. The standard InChI is InChI=1S/C18H29N5O3.2ClH/c1-12-14(6-7-15(24)20-9-8-19-10-11-25-4)13(2)21-17-16(12)18(26-5)22-23(17)3;;/h19H,6-11H2,1-5H3,(H,20,24);2*1H. The molecule has 0 unspecified atom stereocenters. The number of halogens is 2. The van der Waals surface area contributed by atoms with E-state index >= 15 is 0 Å². The molecule has 0 aliphatic heterocycles. The molecule has 0 aliphatic carbocycles. The van der Waals surface area contributed by atoms with Crippen LogP contribution >= 0.6 is 24.8 Å². The summed E-state index contributed by atoms with van der Waals surface area (Å²) >= 11 is 0. The van der Waals surface area contributed by atoms with Crippen LogP contribution in [0.3, 0.4) is 0 Å². The fourth-order valence-corrected chi connectivity index (χ4v) is 3.02. The first-order chi connectivity index (χ1) is 12.5. The van der Waals surface area contributed by atoms with Crippen LogP contribution in [0, 0.1) is 13.8 Å². The lowest BCUT2D eigenvalue weighted by molar-refractivity contribution is -0.121. The molecular formula is C18H31Cl2N5O3. The van der Waals surface area contributed by atoms with Crippen LogP contribution in [0.2, 0.25) is 0 Å². The Morgan fingerprint density at radius 1 is 1.14 bits per heavy atom. The van der Waals surface area contributed by atoms with Gasteiger partial charge < -0.3 is 20.1 Å². The third-order valence-electron chi connectivity index (χ3n) is 4.43. The summed E-state index contributed by atoms with van der Waals surface area (Å²) in [5.41, 5.74) is 3.88. The molecule has 0 aliphatic rings. The average molecular weight is 436 g/mol. The summed E-state index contributed by atoms with van der Waals surface area (Å²) in [5, 5.41) is 11.4. The number of carbonyl (C=O) groups is 1. The van der Waals surface area contributed by atoms with E-state index in [1.54, 1.807) is 18.9 Å². The molecule has 0 fully saturated rings. The molecule has 1 amide bonds. The lowest BCUT2D eigenvalue weighted by atomic mass is 10.00. The van der Waals surface area contributed by atoms with Crippen LogP contribution in [-0.4, -0.2) is 61.1 Å². The number of carbonyl (C=O) groups excluding carboxylic acids is 1. The van der Waals surface area contributed by atoms with Crippen molar-refractivity contribution in [1.29, 1.82) is 0 Å². The van der Waals surface area contributed by atoms with Crippen molar-refractivity contribution in [2.45, 2.75) is 26.7 Å². The second kappa shape index (κ2) is 12.8. The van der Waals surface area contributed by atoms with Gasteiger partial charge in [0.1, 0.15) is 0 Å². The molecule has 0 radical (unpaired) electrons. The molecule has 10 heteroatoms. The van der Waals surface area contributed by atoms with Gasteiger partial charge in [-0.25, -0.2) is 9.67 Å². The van der Waals surface area contributed by atoms with Crippen molar-refractivity contribution in [3.05, 3.63) is 16.8 Å². The summed E-state index contributed by atoms with van der Waals surface area (Å²) in [4.78, 5) is 16.7. The Bertz CT molecular complexity index is 767. The number of fused-ring (bicyclic) bond motifs is 1. The molecule has 0 saturated carbocycles. The van der Waals surface area contributed by atoms with Crippen LogP contribution in [-0.2, 0) is 23.0 Å². The molecule has 2 aromatic heterocycles. The molecule has 160 valence electrons. The molecule has 2 N–H and O–H groups in total. The Labute approximate surface area is 178 Å². The van der Waals surface area contributed by atoms with E-state index in [0.29, 0.717) is 31.9 Å². The molecule has 0 aromatic carbocycles. The van der Waals surface area contributed by atoms with Gasteiger partial charge in [-0.1, -0.05) is 0 Å². The summed E-state index contributed by atoms with van der Waals surface area (Å²) in [6, 6.07) is 0. The minimum Gasteiger partial charge on any atom is -0.479 e. The summed E-state index contributed by atoms with van der Waals surface area (Å²) in [6.07, 6.45) is 1.07. The van der Waals surface area contributed by atoms with Gasteiger partial charge in [-0.3, -0.25) is 4.79 Å². The van der Waals surface area contributed by atoms with E-state index in [-0.39, 0.29) is 30.7 Å². The number of pyridine rings is 1. The van der Waals surface area contributed by atoms with Gasteiger partial charge in [0.05, 0.1) is 19.1 Å². The summed E-state index contributed by atoms with van der Waals surface area (Å²) in [5.74, 6) is 0.607. The third kappa shape index (κ3) is 6.48. The van der Waals surface area contributed by atoms with Crippen molar-refractivity contribution < 1.29 is 14.3 Å². The van der Waals surface area contributed by atoms with Gasteiger partial charge in [0.15, 0.2) is 5.65 Å². The fraction of sp³-hybridized carbons (Fsp3) is 0.611. The van der Waals surface area contributed by atoms with Crippen LogP contribution in [0.4, 0.5) is 0 Å². The minimum absolute atomic E-state index is 0. The Balaban J connectivity index is 0.00000364. The molecule has 28 heavy (non-hydrogen) atoms. The van der Waals surface area contributed by atoms with Gasteiger partial charge in [0.25, 0.3) is 0 Å². The van der Waals surface area contributed by atoms with Crippen LogP contribution in [0.25, 0.3) is 11.0 Å². The zero-order chi connectivity index (χ0) is 19.1. The van der Waals surface area contributed by atoms with E-state index in [4.69, 9.17) is 9.47 Å². The van der Waals surface area contributed by atoms with Crippen molar-refractivity contribution in [2.75, 3.05) is 40.5 Å². The van der Waals surface area contributed by atoms with E-state index in [9.17, 15) is 4.79 Å². The highest BCUT2D eigenvalue weighted by Crippen LogP contribution is 2.30. The quantitative estimate of drug-likeness (QED) is 0.552. The largest absolute Gasteiger partial charge is 0.479 e. The highest BCUT2D eigenvalue weighted by Gasteiger charge is 2.18. The van der Waals surface area contributed by atoms with Crippen LogP contribution in [0.15, 0.2) is 0 Å². The number of hydrogen-bond acceptors (Lipinski definition) is 6. The van der Waals surface area contributed by atoms with Gasteiger partial charge in [0.2, 0.25) is 11.8 Å². The molecule has 2 rings (SSSR count). The molecule has 8 nitrogen and oxygen atoms in total. The number of methoxy groups -OCH3 is 2. The predicted octanol–water partition coefficient (Wildman–Crippen LogP) is 1.72. The highest BCUT2D eigenvalue weighted by molar-refractivity contribution is 5.86. The maximum atomic E-state index is 12.1. The molecule has 2 aromatic rings. The highest BCUT2D eigenvalue weighted by atomic mass is 35.5. The first kappa shape index (κ1) is 26.4. The van der Waals surface area contributed by atoms with Crippen molar-refractivity contribution in [3.8, 4) is 5.88 Å². The third-order valence-corrected chi connectivity index (χ3v) is 4.43. The first-order valence-electron chi connectivity index (χ1n) is 8.82. The first-order valence-corrected chi connectivity index (χ1v) is 8.82. The van der Waals surface area contributed by atoms with Crippen molar-refractivity contribution in [3.63, 3.8) is 0 Å². The van der Waals surface area contributed by atoms with Crippen LogP contribution < -0.4 is 15.4 Å². The van der Waals surface area contributed by atoms with Gasteiger partial charge >= 0.3 is 0 Å². The Kier molecular flexibility index (Phi) is 12.0. The van der Waals surface area contributed by atoms with E-state index in [0.717, 1.165) is 40.9 Å². The number of rotatable bonds is 10. The Morgan fingerprint density at radius 2 is 1.86 bits per heavy atom. The van der Waals surface area contributed by atoms with Gasteiger partial charge in [-0.15, -0.1) is 29.9 Å². The molecule has 0 atom stereocenters. The van der Waals surface area contributed by atoms with Gasteiger partial charge in [0, 0.05) is 45.9 Å². The number of aryl methyl sites for hydroxylation is 3. The average Bonchev–Trinajstić information content (AvgIpc) is 2.93. The normalized spacial score (nSPS) is 10.3. The van der Waals surface area contributed by atoms with E-state index in [1.165, 1.54) is 0 Å². The molecular weight excluding hydrogens is 405 g/mol. The van der Waals surface area contributed by atoms with Crippen molar-refractivity contribution in [2.24, 2.45) is 7.05 Å². The molecule has 2 heterocycles. The van der Waals surface area contributed by atoms with E-state index in [1.807, 2.05) is 20.9 Å². The molecule has 0 bridgehead atoms. The number of ether oxygens (including phenoxy) is 2. The maximum absolute atomic E-state index is 12.1. The Hall–Kier alpha value is -1.61. The SMILES string of the molecule is COCCNCCNC(=O)CCc1c(C)nc2c(c(OC)nn2C)c1C.Cl.Cl. The van der Waals surface area contributed by atoms with Crippen LogP contribution in [0.5, 0.6) is 5.88 Å².